The average Bonchev–Trinajstić information content (AvgIpc) is 3.65. The van der Waals surface area contributed by atoms with Crippen molar-refractivity contribution in [2.24, 2.45) is 5.92 Å². The van der Waals surface area contributed by atoms with Crippen molar-refractivity contribution in [1.82, 2.24) is 14.9 Å². The van der Waals surface area contributed by atoms with Crippen molar-refractivity contribution in [3.8, 4) is 11.5 Å². The van der Waals surface area contributed by atoms with Crippen LogP contribution in [-0.2, 0) is 11.0 Å². The Morgan fingerprint density at radius 1 is 1.05 bits per heavy atom. The lowest BCUT2D eigenvalue weighted by Crippen LogP contribution is -2.46. The Bertz CT molecular complexity index is 1260. The van der Waals surface area contributed by atoms with Gasteiger partial charge in [0.1, 0.15) is 5.82 Å². The molecule has 37 heavy (non-hydrogen) atoms. The predicted molar refractivity (Wildman–Crippen MR) is 130 cm³/mol. The van der Waals surface area contributed by atoms with Crippen LogP contribution in [0.5, 0.6) is 0 Å². The van der Waals surface area contributed by atoms with Crippen molar-refractivity contribution in [1.29, 1.82) is 0 Å². The average molecular weight is 514 g/mol. The summed E-state index contributed by atoms with van der Waals surface area (Å²) in [6, 6.07) is 11.6. The van der Waals surface area contributed by atoms with E-state index >= 15 is 0 Å². The number of nitrogens with one attached hydrogen (secondary N) is 1. The molecule has 2 aromatic heterocycles. The van der Waals surface area contributed by atoms with E-state index in [1.54, 1.807) is 42.5 Å². The molecule has 2 amide bonds. The summed E-state index contributed by atoms with van der Waals surface area (Å²) in [7, 11) is 1.87. The van der Waals surface area contributed by atoms with E-state index in [1.807, 2.05) is 11.9 Å². The van der Waals surface area contributed by atoms with Gasteiger partial charge in [0, 0.05) is 37.7 Å². The number of anilines is 2. The minimum atomic E-state index is -4.89. The monoisotopic (exact) mass is 513 g/mol. The molecule has 1 aliphatic carbocycles. The van der Waals surface area contributed by atoms with Crippen molar-refractivity contribution >= 4 is 23.3 Å². The Morgan fingerprint density at radius 3 is 2.35 bits per heavy atom. The number of amides is 2. The maximum absolute atomic E-state index is 13.5. The standard InChI is InChI=1S/C26H26F3N5O3/c1-33(25(36)17-7-8-17)19-11-13-34(14-12-19)20-10-9-18(15-30-20)31-23(35)21-22(26(27,28)29)37-24(32-21)16-5-3-2-4-6-16/h2-6,9-10,15,17,19H,7-8,11-14H2,1H3,(H,31,35). The lowest BCUT2D eigenvalue weighted by Gasteiger charge is -2.37. The smallest absolute Gasteiger partial charge is 0.431 e. The van der Waals surface area contributed by atoms with E-state index in [1.165, 1.54) is 6.20 Å². The third-order valence-corrected chi connectivity index (χ3v) is 6.74. The summed E-state index contributed by atoms with van der Waals surface area (Å²) >= 11 is 0. The van der Waals surface area contributed by atoms with Gasteiger partial charge in [-0.1, -0.05) is 18.2 Å². The highest BCUT2D eigenvalue weighted by Crippen LogP contribution is 2.36. The van der Waals surface area contributed by atoms with E-state index in [0.29, 0.717) is 11.4 Å². The molecule has 1 N–H and O–H groups in total. The molecule has 2 fully saturated rings. The van der Waals surface area contributed by atoms with Crippen molar-refractivity contribution in [2.45, 2.75) is 37.9 Å². The largest absolute Gasteiger partial charge is 0.452 e. The minimum Gasteiger partial charge on any atom is -0.431 e. The molecular formula is C26H26F3N5O3. The van der Waals surface area contributed by atoms with Crippen LogP contribution in [-0.4, -0.2) is 52.9 Å². The van der Waals surface area contributed by atoms with Gasteiger partial charge >= 0.3 is 6.18 Å². The summed E-state index contributed by atoms with van der Waals surface area (Å²) in [5.41, 5.74) is -0.289. The van der Waals surface area contributed by atoms with Crippen LogP contribution in [0.3, 0.4) is 0 Å². The summed E-state index contributed by atoms with van der Waals surface area (Å²) < 4.78 is 45.6. The first-order valence-corrected chi connectivity index (χ1v) is 12.1. The second-order valence-electron chi connectivity index (χ2n) is 9.36. The van der Waals surface area contributed by atoms with Gasteiger partial charge in [0.05, 0.1) is 11.9 Å². The molecular weight excluding hydrogens is 487 g/mol. The number of pyridine rings is 1. The zero-order valence-corrected chi connectivity index (χ0v) is 20.2. The molecule has 5 rings (SSSR count). The Labute approximate surface area is 211 Å². The zero-order chi connectivity index (χ0) is 26.2. The highest BCUT2D eigenvalue weighted by atomic mass is 19.4. The number of piperidine rings is 1. The number of halogens is 3. The van der Waals surface area contributed by atoms with Crippen molar-refractivity contribution < 1.29 is 27.2 Å². The number of hydrogen-bond donors (Lipinski definition) is 1. The third kappa shape index (κ3) is 5.45. The molecule has 2 aliphatic rings. The van der Waals surface area contributed by atoms with E-state index in [4.69, 9.17) is 4.42 Å². The number of oxazole rings is 1. The van der Waals surface area contributed by atoms with Crippen LogP contribution in [0.15, 0.2) is 53.1 Å². The summed E-state index contributed by atoms with van der Waals surface area (Å²) in [5, 5.41) is 2.43. The van der Waals surface area contributed by atoms with Crippen LogP contribution in [0.4, 0.5) is 24.7 Å². The van der Waals surface area contributed by atoms with Gasteiger partial charge in [-0.2, -0.15) is 13.2 Å². The fraction of sp³-hybridized carbons (Fsp3) is 0.385. The van der Waals surface area contributed by atoms with Gasteiger partial charge in [-0.05, 0) is 49.9 Å². The van der Waals surface area contributed by atoms with E-state index in [-0.39, 0.29) is 29.4 Å². The highest BCUT2D eigenvalue weighted by molar-refractivity contribution is 6.04. The lowest BCUT2D eigenvalue weighted by molar-refractivity contribution is -0.153. The highest BCUT2D eigenvalue weighted by Gasteiger charge is 2.42. The summed E-state index contributed by atoms with van der Waals surface area (Å²) in [6.45, 7) is 1.45. The molecule has 8 nitrogen and oxygen atoms in total. The first kappa shape index (κ1) is 24.8. The molecule has 1 saturated carbocycles. The summed E-state index contributed by atoms with van der Waals surface area (Å²) in [4.78, 5) is 37.2. The fourth-order valence-electron chi connectivity index (χ4n) is 4.49. The van der Waals surface area contributed by atoms with Crippen molar-refractivity contribution in [3.05, 3.63) is 60.1 Å². The van der Waals surface area contributed by atoms with Gasteiger partial charge in [-0.25, -0.2) is 9.97 Å². The summed E-state index contributed by atoms with van der Waals surface area (Å²) in [5.74, 6) is -1.68. The second kappa shape index (κ2) is 9.87. The number of carbonyl (C=O) groups is 2. The minimum absolute atomic E-state index is 0.196. The quantitative estimate of drug-likeness (QED) is 0.507. The Hall–Kier alpha value is -3.89. The maximum Gasteiger partial charge on any atom is 0.452 e. The lowest BCUT2D eigenvalue weighted by atomic mass is 10.0. The van der Waals surface area contributed by atoms with Crippen LogP contribution in [0.1, 0.15) is 41.9 Å². The van der Waals surface area contributed by atoms with Crippen molar-refractivity contribution in [2.75, 3.05) is 30.4 Å². The van der Waals surface area contributed by atoms with Crippen LogP contribution in [0.25, 0.3) is 11.5 Å². The number of aromatic nitrogens is 2. The van der Waals surface area contributed by atoms with Crippen LogP contribution in [0.2, 0.25) is 0 Å². The normalized spacial score (nSPS) is 16.5. The first-order valence-electron chi connectivity index (χ1n) is 12.1. The van der Waals surface area contributed by atoms with E-state index < -0.39 is 23.5 Å². The topological polar surface area (TPSA) is 91.6 Å². The molecule has 194 valence electrons. The third-order valence-electron chi connectivity index (χ3n) is 6.74. The van der Waals surface area contributed by atoms with E-state index in [0.717, 1.165) is 38.8 Å². The predicted octanol–water partition coefficient (Wildman–Crippen LogP) is 4.84. The molecule has 3 aromatic rings. The number of rotatable bonds is 6. The van der Waals surface area contributed by atoms with Gasteiger partial charge in [0.25, 0.3) is 5.91 Å². The summed E-state index contributed by atoms with van der Waals surface area (Å²) in [6.07, 6.45) is 0.122. The molecule has 3 heterocycles. The molecule has 0 spiro atoms. The first-order chi connectivity index (χ1) is 17.7. The van der Waals surface area contributed by atoms with E-state index in [2.05, 4.69) is 20.2 Å². The number of benzene rings is 1. The SMILES string of the molecule is CN(C(=O)C1CC1)C1CCN(c2ccc(NC(=O)c3nc(-c4ccccc4)oc3C(F)(F)F)cn2)CC1. The fourth-order valence-corrected chi connectivity index (χ4v) is 4.49. The number of hydrogen-bond acceptors (Lipinski definition) is 6. The maximum atomic E-state index is 13.5. The van der Waals surface area contributed by atoms with Crippen LogP contribution >= 0.6 is 0 Å². The Morgan fingerprint density at radius 2 is 1.76 bits per heavy atom. The van der Waals surface area contributed by atoms with Gasteiger partial charge in [0.2, 0.25) is 17.6 Å². The van der Waals surface area contributed by atoms with Crippen LogP contribution < -0.4 is 10.2 Å². The van der Waals surface area contributed by atoms with Crippen molar-refractivity contribution in [3.63, 3.8) is 0 Å². The van der Waals surface area contributed by atoms with Gasteiger partial charge in [-0.15, -0.1) is 0 Å². The Balaban J connectivity index is 1.24. The molecule has 11 heteroatoms. The molecule has 0 bridgehead atoms. The number of alkyl halides is 3. The molecule has 0 radical (unpaired) electrons. The second-order valence-corrected chi connectivity index (χ2v) is 9.36. The van der Waals surface area contributed by atoms with Gasteiger partial charge < -0.3 is 19.5 Å². The number of carbonyl (C=O) groups excluding carboxylic acids is 2. The number of nitrogens with zero attached hydrogens (tertiary/aromatic N) is 4. The van der Waals surface area contributed by atoms with Crippen LogP contribution in [0, 0.1) is 5.92 Å². The van der Waals surface area contributed by atoms with E-state index in [9.17, 15) is 22.8 Å². The van der Waals surface area contributed by atoms with Gasteiger partial charge in [-0.3, -0.25) is 9.59 Å². The molecule has 1 aromatic carbocycles. The van der Waals surface area contributed by atoms with Gasteiger partial charge in [0.15, 0.2) is 5.69 Å². The molecule has 1 aliphatic heterocycles. The zero-order valence-electron chi connectivity index (χ0n) is 20.2. The molecule has 1 saturated heterocycles. The molecule has 0 unspecified atom stereocenters. The molecule has 0 atom stereocenters. The Kier molecular flexibility index (Phi) is 6.61.